The highest BCUT2D eigenvalue weighted by Gasteiger charge is 2.18. The van der Waals surface area contributed by atoms with Gasteiger partial charge in [0.2, 0.25) is 0 Å². The molecule has 1 unspecified atom stereocenters. The molecule has 0 fully saturated rings. The van der Waals surface area contributed by atoms with Gasteiger partial charge < -0.3 is 14.8 Å². The summed E-state index contributed by atoms with van der Waals surface area (Å²) in [5.41, 5.74) is 1.64. The number of carbonyl (C=O) groups is 1. The molecule has 0 saturated carbocycles. The summed E-state index contributed by atoms with van der Waals surface area (Å²) in [6.45, 7) is 3.78. The number of amides is 1. The zero-order valence-corrected chi connectivity index (χ0v) is 12.6. The van der Waals surface area contributed by atoms with Gasteiger partial charge in [0.15, 0.2) is 6.29 Å². The lowest BCUT2D eigenvalue weighted by atomic mass is 10.1. The molecule has 0 saturated heterocycles. The van der Waals surface area contributed by atoms with Crippen LogP contribution in [0.5, 0.6) is 0 Å². The highest BCUT2D eigenvalue weighted by Crippen LogP contribution is 2.17. The summed E-state index contributed by atoms with van der Waals surface area (Å²) >= 11 is 3.40. The average molecular weight is 316 g/mol. The number of methoxy groups -OCH3 is 2. The molecule has 1 atom stereocenters. The minimum Gasteiger partial charge on any atom is -0.354 e. The first-order valence-corrected chi connectivity index (χ1v) is 6.41. The molecule has 0 aliphatic carbocycles. The van der Waals surface area contributed by atoms with E-state index in [-0.39, 0.29) is 11.9 Å². The van der Waals surface area contributed by atoms with Crippen molar-refractivity contribution in [2.45, 2.75) is 26.2 Å². The van der Waals surface area contributed by atoms with Gasteiger partial charge in [0.25, 0.3) is 5.91 Å². The van der Waals surface area contributed by atoms with E-state index in [1.54, 1.807) is 20.3 Å². The second-order valence-corrected chi connectivity index (χ2v) is 4.92. The van der Waals surface area contributed by atoms with Crippen LogP contribution in [0.1, 0.15) is 22.8 Å². The Balaban J connectivity index is 2.73. The quantitative estimate of drug-likeness (QED) is 0.849. The number of aryl methyl sites for hydroxylation is 1. The molecular weight excluding hydrogens is 298 g/mol. The highest BCUT2D eigenvalue weighted by atomic mass is 79.9. The first-order chi connectivity index (χ1) is 8.49. The standard InChI is InChI=1S/C13H18BrNO3/c1-8-7-10(5-6-11(8)14)12(16)15-9(2)13(17-3)18-4/h5-7,9,13H,1-4H3,(H,15,16). The van der Waals surface area contributed by atoms with Crippen LogP contribution in [0.3, 0.4) is 0 Å². The Labute approximate surface area is 116 Å². The Bertz CT molecular complexity index is 419. The van der Waals surface area contributed by atoms with Crippen molar-refractivity contribution in [2.24, 2.45) is 0 Å². The molecule has 1 N–H and O–H groups in total. The van der Waals surface area contributed by atoms with Gasteiger partial charge in [0, 0.05) is 24.3 Å². The van der Waals surface area contributed by atoms with Crippen molar-refractivity contribution in [1.82, 2.24) is 5.32 Å². The molecule has 0 aliphatic rings. The molecule has 5 heteroatoms. The van der Waals surface area contributed by atoms with Crippen molar-refractivity contribution in [1.29, 1.82) is 0 Å². The Morgan fingerprint density at radius 1 is 1.33 bits per heavy atom. The number of ether oxygens (including phenoxy) is 2. The number of benzene rings is 1. The number of rotatable bonds is 5. The van der Waals surface area contributed by atoms with Crippen LogP contribution in [0.25, 0.3) is 0 Å². The van der Waals surface area contributed by atoms with Gasteiger partial charge in [-0.2, -0.15) is 0 Å². The molecule has 0 spiro atoms. The van der Waals surface area contributed by atoms with E-state index in [0.717, 1.165) is 10.0 Å². The Morgan fingerprint density at radius 2 is 1.94 bits per heavy atom. The van der Waals surface area contributed by atoms with Crippen LogP contribution in [0, 0.1) is 6.92 Å². The van der Waals surface area contributed by atoms with Crippen LogP contribution in [-0.2, 0) is 9.47 Å². The van der Waals surface area contributed by atoms with Gasteiger partial charge in [0.1, 0.15) is 0 Å². The zero-order chi connectivity index (χ0) is 13.7. The molecule has 0 bridgehead atoms. The van der Waals surface area contributed by atoms with Crippen molar-refractivity contribution in [3.63, 3.8) is 0 Å². The van der Waals surface area contributed by atoms with Gasteiger partial charge >= 0.3 is 0 Å². The van der Waals surface area contributed by atoms with Crippen LogP contribution >= 0.6 is 15.9 Å². The molecule has 1 aromatic rings. The third-order valence-electron chi connectivity index (χ3n) is 2.65. The molecule has 0 aliphatic heterocycles. The van der Waals surface area contributed by atoms with Gasteiger partial charge in [-0.15, -0.1) is 0 Å². The molecule has 1 amide bonds. The van der Waals surface area contributed by atoms with E-state index in [1.807, 2.05) is 26.0 Å². The van der Waals surface area contributed by atoms with Crippen LogP contribution in [0.2, 0.25) is 0 Å². The number of hydrogen-bond acceptors (Lipinski definition) is 3. The molecule has 18 heavy (non-hydrogen) atoms. The van der Waals surface area contributed by atoms with Crippen LogP contribution in [0.4, 0.5) is 0 Å². The maximum atomic E-state index is 12.0. The first-order valence-electron chi connectivity index (χ1n) is 5.62. The molecule has 1 aromatic carbocycles. The Morgan fingerprint density at radius 3 is 2.44 bits per heavy atom. The third kappa shape index (κ3) is 3.80. The predicted octanol–water partition coefficient (Wildman–Crippen LogP) is 2.49. The topological polar surface area (TPSA) is 47.6 Å². The molecule has 0 radical (unpaired) electrons. The van der Waals surface area contributed by atoms with Crippen LogP contribution in [-0.4, -0.2) is 32.5 Å². The fraction of sp³-hybridized carbons (Fsp3) is 0.462. The number of carbonyl (C=O) groups excluding carboxylic acids is 1. The molecular formula is C13H18BrNO3. The van der Waals surface area contributed by atoms with Crippen LogP contribution in [0.15, 0.2) is 22.7 Å². The Hall–Kier alpha value is -0.910. The van der Waals surface area contributed by atoms with E-state index >= 15 is 0 Å². The van der Waals surface area contributed by atoms with Gasteiger partial charge in [-0.25, -0.2) is 0 Å². The molecule has 0 aromatic heterocycles. The van der Waals surface area contributed by atoms with E-state index in [0.29, 0.717) is 5.56 Å². The summed E-state index contributed by atoms with van der Waals surface area (Å²) in [4.78, 5) is 12.0. The largest absolute Gasteiger partial charge is 0.354 e. The number of halogens is 1. The van der Waals surface area contributed by atoms with Gasteiger partial charge in [-0.3, -0.25) is 4.79 Å². The normalized spacial score (nSPS) is 12.6. The number of hydrogen-bond donors (Lipinski definition) is 1. The first kappa shape index (κ1) is 15.1. The summed E-state index contributed by atoms with van der Waals surface area (Å²) in [6.07, 6.45) is -0.453. The van der Waals surface area contributed by atoms with Gasteiger partial charge in [0.05, 0.1) is 6.04 Å². The van der Waals surface area contributed by atoms with E-state index in [2.05, 4.69) is 21.2 Å². The van der Waals surface area contributed by atoms with Crippen molar-refractivity contribution in [3.8, 4) is 0 Å². The Kier molecular flexibility index (Phi) is 5.78. The summed E-state index contributed by atoms with van der Waals surface area (Å²) in [5, 5.41) is 2.84. The molecule has 1 rings (SSSR count). The fourth-order valence-corrected chi connectivity index (χ4v) is 1.90. The lowest BCUT2D eigenvalue weighted by molar-refractivity contribution is -0.117. The smallest absolute Gasteiger partial charge is 0.251 e. The van der Waals surface area contributed by atoms with E-state index < -0.39 is 6.29 Å². The van der Waals surface area contributed by atoms with Crippen molar-refractivity contribution in [3.05, 3.63) is 33.8 Å². The molecule has 100 valence electrons. The fourth-order valence-electron chi connectivity index (χ4n) is 1.65. The summed E-state index contributed by atoms with van der Waals surface area (Å²) in [6, 6.07) is 5.24. The van der Waals surface area contributed by atoms with E-state index in [1.165, 1.54) is 0 Å². The SMILES string of the molecule is COC(OC)C(C)NC(=O)c1ccc(Br)c(C)c1. The highest BCUT2D eigenvalue weighted by molar-refractivity contribution is 9.10. The third-order valence-corrected chi connectivity index (χ3v) is 3.54. The summed E-state index contributed by atoms with van der Waals surface area (Å²) in [5.74, 6) is -0.141. The van der Waals surface area contributed by atoms with Gasteiger partial charge in [-0.1, -0.05) is 15.9 Å². The number of nitrogens with one attached hydrogen (secondary N) is 1. The average Bonchev–Trinajstić information content (AvgIpc) is 2.34. The lowest BCUT2D eigenvalue weighted by Crippen LogP contribution is -2.42. The monoisotopic (exact) mass is 315 g/mol. The van der Waals surface area contributed by atoms with Gasteiger partial charge in [-0.05, 0) is 37.6 Å². The van der Waals surface area contributed by atoms with Crippen molar-refractivity contribution < 1.29 is 14.3 Å². The summed E-state index contributed by atoms with van der Waals surface area (Å²) in [7, 11) is 3.08. The summed E-state index contributed by atoms with van der Waals surface area (Å²) < 4.78 is 11.2. The van der Waals surface area contributed by atoms with Crippen molar-refractivity contribution in [2.75, 3.05) is 14.2 Å². The predicted molar refractivity (Wildman–Crippen MR) is 73.6 cm³/mol. The van der Waals surface area contributed by atoms with E-state index in [4.69, 9.17) is 9.47 Å². The zero-order valence-electron chi connectivity index (χ0n) is 11.0. The van der Waals surface area contributed by atoms with Crippen molar-refractivity contribution >= 4 is 21.8 Å². The second-order valence-electron chi connectivity index (χ2n) is 4.07. The minimum atomic E-state index is -0.453. The molecule has 0 heterocycles. The lowest BCUT2D eigenvalue weighted by Gasteiger charge is -2.22. The van der Waals surface area contributed by atoms with Crippen LogP contribution < -0.4 is 5.32 Å². The maximum absolute atomic E-state index is 12.0. The second kappa shape index (κ2) is 6.87. The minimum absolute atomic E-state index is 0.141. The molecule has 4 nitrogen and oxygen atoms in total. The maximum Gasteiger partial charge on any atom is 0.251 e. The van der Waals surface area contributed by atoms with E-state index in [9.17, 15) is 4.79 Å².